The lowest BCUT2D eigenvalue weighted by Gasteiger charge is -2.07. The summed E-state index contributed by atoms with van der Waals surface area (Å²) in [7, 11) is 0. The number of allylic oxidation sites excluding steroid dienone is 1. The molecule has 1 amide bonds. The van der Waals surface area contributed by atoms with Gasteiger partial charge < -0.3 is 11.1 Å². The third-order valence-electron chi connectivity index (χ3n) is 4.13. The average Bonchev–Trinajstić information content (AvgIpc) is 2.98. The van der Waals surface area contributed by atoms with Crippen LogP contribution in [0, 0.1) is 0 Å². The smallest absolute Gasteiger partial charge is 0.256 e. The molecule has 0 aromatic heterocycles. The summed E-state index contributed by atoms with van der Waals surface area (Å²) in [5.74, 6) is -0.0578. The van der Waals surface area contributed by atoms with Gasteiger partial charge in [0.1, 0.15) is 0 Å². The topological polar surface area (TPSA) is 55.1 Å². The molecule has 104 valence electrons. The van der Waals surface area contributed by atoms with E-state index < -0.39 is 0 Å². The minimum absolute atomic E-state index is 0.0578. The van der Waals surface area contributed by atoms with Gasteiger partial charge in [0.05, 0.1) is 5.57 Å². The number of benzene rings is 2. The van der Waals surface area contributed by atoms with Gasteiger partial charge in [0.2, 0.25) is 0 Å². The van der Waals surface area contributed by atoms with Crippen LogP contribution in [0.3, 0.4) is 0 Å². The fraction of sp³-hybridized carbons (Fsp3) is 0.118. The van der Waals surface area contributed by atoms with Gasteiger partial charge in [-0.2, -0.15) is 0 Å². The fourth-order valence-corrected chi connectivity index (χ4v) is 3.36. The summed E-state index contributed by atoms with van der Waals surface area (Å²) in [5.41, 5.74) is 12.5. The number of carbonyl (C=O) groups excluding carboxylic acids is 1. The SMILES string of the molecule is Nc1ccc2c(c1)C(=C1C(=O)Nc3ccc(Cl)cc31)CC2. The number of amides is 1. The van der Waals surface area contributed by atoms with Crippen molar-refractivity contribution < 1.29 is 4.79 Å². The van der Waals surface area contributed by atoms with Crippen molar-refractivity contribution >= 4 is 40.0 Å². The highest BCUT2D eigenvalue weighted by molar-refractivity contribution is 6.38. The number of nitrogen functional groups attached to an aromatic ring is 1. The van der Waals surface area contributed by atoms with Crippen molar-refractivity contribution in [1.29, 1.82) is 0 Å². The Labute approximate surface area is 127 Å². The Balaban J connectivity index is 1.98. The number of anilines is 2. The van der Waals surface area contributed by atoms with E-state index in [1.54, 1.807) is 6.07 Å². The Morgan fingerprint density at radius 2 is 1.90 bits per heavy atom. The molecule has 1 heterocycles. The molecule has 3 nitrogen and oxygen atoms in total. The Hall–Kier alpha value is -2.26. The standard InChI is InChI=1S/C17H13ClN2O/c18-10-3-6-15-14(7-10)16(17(21)20-15)12-5-2-9-1-4-11(19)8-13(9)12/h1,3-4,6-8H,2,5,19H2,(H,20,21). The molecule has 4 rings (SSSR count). The molecule has 1 aliphatic carbocycles. The number of nitrogens with two attached hydrogens (primary N) is 1. The summed E-state index contributed by atoms with van der Waals surface area (Å²) in [6.07, 6.45) is 1.80. The maximum atomic E-state index is 12.4. The number of fused-ring (bicyclic) bond motifs is 2. The molecule has 2 aliphatic rings. The largest absolute Gasteiger partial charge is 0.399 e. The number of nitrogens with one attached hydrogen (secondary N) is 1. The van der Waals surface area contributed by atoms with Crippen molar-refractivity contribution in [3.05, 3.63) is 58.1 Å². The lowest BCUT2D eigenvalue weighted by atomic mass is 9.96. The lowest BCUT2D eigenvalue weighted by Crippen LogP contribution is -2.05. The molecular weight excluding hydrogens is 284 g/mol. The predicted octanol–water partition coefficient (Wildman–Crippen LogP) is 3.73. The zero-order valence-corrected chi connectivity index (χ0v) is 12.0. The van der Waals surface area contributed by atoms with E-state index in [9.17, 15) is 4.79 Å². The van der Waals surface area contributed by atoms with Gasteiger partial charge >= 0.3 is 0 Å². The zero-order chi connectivity index (χ0) is 14.6. The second-order valence-corrected chi connectivity index (χ2v) is 5.85. The van der Waals surface area contributed by atoms with Crippen molar-refractivity contribution in [1.82, 2.24) is 0 Å². The molecule has 21 heavy (non-hydrogen) atoms. The molecule has 0 atom stereocenters. The first-order valence-corrected chi connectivity index (χ1v) is 7.24. The Bertz CT molecular complexity index is 824. The third-order valence-corrected chi connectivity index (χ3v) is 4.37. The first-order chi connectivity index (χ1) is 10.1. The van der Waals surface area contributed by atoms with Gasteiger partial charge in [-0.25, -0.2) is 0 Å². The highest BCUT2D eigenvalue weighted by Gasteiger charge is 2.30. The number of rotatable bonds is 0. The highest BCUT2D eigenvalue weighted by atomic mass is 35.5. The second-order valence-electron chi connectivity index (χ2n) is 5.41. The number of hydrogen-bond donors (Lipinski definition) is 2. The van der Waals surface area contributed by atoms with E-state index >= 15 is 0 Å². The van der Waals surface area contributed by atoms with E-state index in [1.165, 1.54) is 5.56 Å². The summed E-state index contributed by atoms with van der Waals surface area (Å²) >= 11 is 6.09. The van der Waals surface area contributed by atoms with Crippen LogP contribution in [0.2, 0.25) is 5.02 Å². The molecule has 0 saturated heterocycles. The molecule has 1 aliphatic heterocycles. The molecule has 0 saturated carbocycles. The van der Waals surface area contributed by atoms with Crippen molar-refractivity contribution in [2.24, 2.45) is 0 Å². The first kappa shape index (κ1) is 12.5. The lowest BCUT2D eigenvalue weighted by molar-refractivity contribution is -0.110. The number of hydrogen-bond acceptors (Lipinski definition) is 2. The maximum absolute atomic E-state index is 12.4. The second kappa shape index (κ2) is 4.37. The normalized spacial score (nSPS) is 19.4. The minimum Gasteiger partial charge on any atom is -0.399 e. The monoisotopic (exact) mass is 296 g/mol. The van der Waals surface area contributed by atoms with Gasteiger partial charge in [-0.3, -0.25) is 4.79 Å². The van der Waals surface area contributed by atoms with Gasteiger partial charge in [0, 0.05) is 22.0 Å². The van der Waals surface area contributed by atoms with E-state index in [0.717, 1.165) is 46.5 Å². The molecule has 0 bridgehead atoms. The molecule has 4 heteroatoms. The van der Waals surface area contributed by atoms with E-state index in [4.69, 9.17) is 17.3 Å². The van der Waals surface area contributed by atoms with Gasteiger partial charge in [-0.1, -0.05) is 17.7 Å². The predicted molar refractivity (Wildman–Crippen MR) is 86.1 cm³/mol. The summed E-state index contributed by atoms with van der Waals surface area (Å²) in [5, 5.41) is 3.54. The van der Waals surface area contributed by atoms with Gasteiger partial charge in [0.25, 0.3) is 5.91 Å². The van der Waals surface area contributed by atoms with Crippen molar-refractivity contribution in [3.63, 3.8) is 0 Å². The first-order valence-electron chi connectivity index (χ1n) is 6.86. The molecule has 0 fully saturated rings. The van der Waals surface area contributed by atoms with Crippen LogP contribution >= 0.6 is 11.6 Å². The number of carbonyl (C=O) groups is 1. The van der Waals surface area contributed by atoms with E-state index in [0.29, 0.717) is 5.02 Å². The number of aryl methyl sites for hydroxylation is 1. The number of halogens is 1. The molecule has 0 unspecified atom stereocenters. The maximum Gasteiger partial charge on any atom is 0.256 e. The zero-order valence-electron chi connectivity index (χ0n) is 11.2. The summed E-state index contributed by atoms with van der Waals surface area (Å²) in [6, 6.07) is 11.4. The summed E-state index contributed by atoms with van der Waals surface area (Å²) in [4.78, 5) is 12.4. The molecule has 2 aromatic carbocycles. The molecule has 2 aromatic rings. The van der Waals surface area contributed by atoms with E-state index in [-0.39, 0.29) is 5.91 Å². The van der Waals surface area contributed by atoms with Crippen LogP contribution in [0.4, 0.5) is 11.4 Å². The fourth-order valence-electron chi connectivity index (χ4n) is 3.19. The van der Waals surface area contributed by atoms with Crippen molar-refractivity contribution in [2.45, 2.75) is 12.8 Å². The molecule has 0 spiro atoms. The van der Waals surface area contributed by atoms with Crippen LogP contribution in [-0.2, 0) is 11.2 Å². The minimum atomic E-state index is -0.0578. The van der Waals surface area contributed by atoms with Crippen molar-refractivity contribution in [3.8, 4) is 0 Å². The highest BCUT2D eigenvalue weighted by Crippen LogP contribution is 2.43. The van der Waals surface area contributed by atoms with Gasteiger partial charge in [-0.15, -0.1) is 0 Å². The quantitative estimate of drug-likeness (QED) is 0.575. The molecule has 3 N–H and O–H groups in total. The Morgan fingerprint density at radius 1 is 1.05 bits per heavy atom. The third kappa shape index (κ3) is 1.85. The molecule has 0 radical (unpaired) electrons. The van der Waals surface area contributed by atoms with Gasteiger partial charge in [-0.05, 0) is 59.9 Å². The van der Waals surface area contributed by atoms with Crippen LogP contribution in [0.15, 0.2) is 36.4 Å². The summed E-state index contributed by atoms with van der Waals surface area (Å²) in [6.45, 7) is 0. The van der Waals surface area contributed by atoms with E-state index in [2.05, 4.69) is 5.32 Å². The van der Waals surface area contributed by atoms with Crippen LogP contribution < -0.4 is 11.1 Å². The van der Waals surface area contributed by atoms with Crippen LogP contribution in [0.5, 0.6) is 0 Å². The average molecular weight is 297 g/mol. The van der Waals surface area contributed by atoms with Crippen LogP contribution in [0.1, 0.15) is 23.1 Å². The van der Waals surface area contributed by atoms with Gasteiger partial charge in [0.15, 0.2) is 0 Å². The summed E-state index contributed by atoms with van der Waals surface area (Å²) < 4.78 is 0. The van der Waals surface area contributed by atoms with Crippen LogP contribution in [0.25, 0.3) is 11.1 Å². The Kier molecular flexibility index (Phi) is 2.59. The van der Waals surface area contributed by atoms with E-state index in [1.807, 2.05) is 30.3 Å². The van der Waals surface area contributed by atoms with Crippen molar-refractivity contribution in [2.75, 3.05) is 11.1 Å². The molecular formula is C17H13ClN2O. The Morgan fingerprint density at radius 3 is 2.76 bits per heavy atom. The van der Waals surface area contributed by atoms with Crippen LogP contribution in [-0.4, -0.2) is 5.91 Å².